The lowest BCUT2D eigenvalue weighted by atomic mass is 10.1. The molecule has 1 aliphatic carbocycles. The molecule has 0 aliphatic heterocycles. The highest BCUT2D eigenvalue weighted by molar-refractivity contribution is 7.98. The molecular formula is C18H28FN3OS. The summed E-state index contributed by atoms with van der Waals surface area (Å²) in [5.74, 6) is 2.40. The monoisotopic (exact) mass is 353 g/mol. The van der Waals surface area contributed by atoms with Crippen LogP contribution in [0.15, 0.2) is 23.2 Å². The van der Waals surface area contributed by atoms with E-state index in [1.807, 2.05) is 19.9 Å². The summed E-state index contributed by atoms with van der Waals surface area (Å²) in [6.07, 6.45) is 4.46. The van der Waals surface area contributed by atoms with Crippen molar-refractivity contribution in [3.05, 3.63) is 29.6 Å². The first-order chi connectivity index (χ1) is 11.6. The third-order valence-corrected chi connectivity index (χ3v) is 4.48. The zero-order valence-electron chi connectivity index (χ0n) is 14.8. The van der Waals surface area contributed by atoms with E-state index in [9.17, 15) is 4.39 Å². The minimum Gasteiger partial charge on any atom is -0.490 e. The van der Waals surface area contributed by atoms with E-state index in [0.29, 0.717) is 18.3 Å². The molecule has 1 atom stereocenters. The van der Waals surface area contributed by atoms with Crippen molar-refractivity contribution in [3.8, 4) is 5.75 Å². The third-order valence-electron chi connectivity index (χ3n) is 3.89. The molecule has 0 heterocycles. The molecular weight excluding hydrogens is 325 g/mol. The molecule has 1 aromatic rings. The van der Waals surface area contributed by atoms with Crippen LogP contribution in [-0.4, -0.2) is 37.7 Å². The molecule has 1 aromatic carbocycles. The highest BCUT2D eigenvalue weighted by Gasteiger charge is 2.22. The van der Waals surface area contributed by atoms with Gasteiger partial charge in [0.25, 0.3) is 0 Å². The quantitative estimate of drug-likeness (QED) is 0.405. The van der Waals surface area contributed by atoms with Gasteiger partial charge >= 0.3 is 0 Å². The Balaban J connectivity index is 1.95. The van der Waals surface area contributed by atoms with Gasteiger partial charge in [-0.05, 0) is 56.6 Å². The second kappa shape index (κ2) is 9.77. The van der Waals surface area contributed by atoms with E-state index >= 15 is 0 Å². The van der Waals surface area contributed by atoms with Gasteiger partial charge in [-0.15, -0.1) is 0 Å². The number of guanidine groups is 1. The molecule has 134 valence electrons. The van der Waals surface area contributed by atoms with Crippen molar-refractivity contribution in [3.63, 3.8) is 0 Å². The normalized spacial score (nSPS) is 15.9. The second-order valence-corrected chi connectivity index (χ2v) is 7.05. The molecule has 2 N–H and O–H groups in total. The van der Waals surface area contributed by atoms with Gasteiger partial charge in [-0.1, -0.05) is 6.07 Å². The van der Waals surface area contributed by atoms with Gasteiger partial charge < -0.3 is 15.4 Å². The van der Waals surface area contributed by atoms with Crippen molar-refractivity contribution in [2.75, 3.05) is 31.7 Å². The maximum atomic E-state index is 14.2. The number of aliphatic imine (C=N–C) groups is 1. The van der Waals surface area contributed by atoms with Crippen molar-refractivity contribution in [1.82, 2.24) is 10.6 Å². The molecule has 1 saturated carbocycles. The van der Waals surface area contributed by atoms with Crippen LogP contribution in [0, 0.1) is 11.7 Å². The minimum absolute atomic E-state index is 0.0379. The van der Waals surface area contributed by atoms with Crippen LogP contribution >= 0.6 is 11.8 Å². The number of rotatable bonds is 9. The van der Waals surface area contributed by atoms with Crippen LogP contribution in [0.3, 0.4) is 0 Å². The second-order valence-electron chi connectivity index (χ2n) is 6.06. The number of hydrogen-bond donors (Lipinski definition) is 2. The third kappa shape index (κ3) is 6.23. The molecule has 1 aliphatic rings. The van der Waals surface area contributed by atoms with E-state index in [-0.39, 0.29) is 11.9 Å². The van der Waals surface area contributed by atoms with Crippen LogP contribution in [0.4, 0.5) is 4.39 Å². The first-order valence-corrected chi connectivity index (χ1v) is 9.99. The van der Waals surface area contributed by atoms with Gasteiger partial charge in [-0.2, -0.15) is 11.8 Å². The Bertz CT molecular complexity index is 549. The highest BCUT2D eigenvalue weighted by Crippen LogP contribution is 2.30. The Hall–Kier alpha value is -1.43. The number of halogens is 1. The molecule has 0 bridgehead atoms. The molecule has 0 saturated heterocycles. The molecule has 2 rings (SSSR count). The lowest BCUT2D eigenvalue weighted by Crippen LogP contribution is -2.39. The summed E-state index contributed by atoms with van der Waals surface area (Å²) < 4.78 is 19.8. The Morgan fingerprint density at radius 2 is 2.25 bits per heavy atom. The molecule has 4 nitrogen and oxygen atoms in total. The van der Waals surface area contributed by atoms with Crippen molar-refractivity contribution in [1.29, 1.82) is 0 Å². The first kappa shape index (κ1) is 18.9. The largest absolute Gasteiger partial charge is 0.490 e. The van der Waals surface area contributed by atoms with E-state index in [4.69, 9.17) is 4.74 Å². The number of nitrogens with one attached hydrogen (secondary N) is 2. The average molecular weight is 354 g/mol. The molecule has 6 heteroatoms. The van der Waals surface area contributed by atoms with E-state index in [0.717, 1.165) is 30.4 Å². The van der Waals surface area contributed by atoms with Gasteiger partial charge in [-0.3, -0.25) is 4.99 Å². The SMILES string of the molecule is CCNC(=NCCSC)NC(C)c1ccc(OCC2CC2)c(F)c1. The van der Waals surface area contributed by atoms with Crippen molar-refractivity contribution in [2.45, 2.75) is 32.7 Å². The number of thioether (sulfide) groups is 1. The van der Waals surface area contributed by atoms with Crippen molar-refractivity contribution in [2.24, 2.45) is 10.9 Å². The predicted octanol–water partition coefficient (Wildman–Crippen LogP) is 3.59. The topological polar surface area (TPSA) is 45.7 Å². The van der Waals surface area contributed by atoms with E-state index in [1.165, 1.54) is 12.8 Å². The molecule has 0 aromatic heterocycles. The number of benzene rings is 1. The fourth-order valence-electron chi connectivity index (χ4n) is 2.25. The van der Waals surface area contributed by atoms with Gasteiger partial charge in [0.05, 0.1) is 19.2 Å². The van der Waals surface area contributed by atoms with Gasteiger partial charge in [0.15, 0.2) is 17.5 Å². The van der Waals surface area contributed by atoms with Crippen LogP contribution in [0.1, 0.15) is 38.3 Å². The van der Waals surface area contributed by atoms with Crippen LogP contribution in [-0.2, 0) is 0 Å². The molecule has 0 amide bonds. The van der Waals surface area contributed by atoms with Crippen molar-refractivity contribution >= 4 is 17.7 Å². The van der Waals surface area contributed by atoms with Crippen LogP contribution < -0.4 is 15.4 Å². The summed E-state index contributed by atoms with van der Waals surface area (Å²) in [4.78, 5) is 4.52. The van der Waals surface area contributed by atoms with Crippen LogP contribution in [0.2, 0.25) is 0 Å². The molecule has 0 radical (unpaired) electrons. The molecule has 1 fully saturated rings. The lowest BCUT2D eigenvalue weighted by molar-refractivity contribution is 0.285. The average Bonchev–Trinajstić information content (AvgIpc) is 3.38. The predicted molar refractivity (Wildman–Crippen MR) is 101 cm³/mol. The molecule has 0 spiro atoms. The Labute approximate surface area is 148 Å². The Morgan fingerprint density at radius 1 is 1.46 bits per heavy atom. The maximum Gasteiger partial charge on any atom is 0.191 e. The van der Waals surface area contributed by atoms with Crippen LogP contribution in [0.25, 0.3) is 0 Å². The first-order valence-electron chi connectivity index (χ1n) is 8.60. The summed E-state index contributed by atoms with van der Waals surface area (Å²) in [5, 5.41) is 6.54. The highest BCUT2D eigenvalue weighted by atomic mass is 32.2. The fraction of sp³-hybridized carbons (Fsp3) is 0.611. The fourth-order valence-corrected chi connectivity index (χ4v) is 2.53. The smallest absolute Gasteiger partial charge is 0.191 e. The summed E-state index contributed by atoms with van der Waals surface area (Å²) in [6.45, 7) is 6.20. The zero-order valence-corrected chi connectivity index (χ0v) is 15.6. The molecule has 24 heavy (non-hydrogen) atoms. The van der Waals surface area contributed by atoms with E-state index < -0.39 is 0 Å². The summed E-state index contributed by atoms with van der Waals surface area (Å²) in [5.41, 5.74) is 0.877. The number of ether oxygens (including phenoxy) is 1. The van der Waals surface area contributed by atoms with Gasteiger partial charge in [-0.25, -0.2) is 4.39 Å². The van der Waals surface area contributed by atoms with Crippen molar-refractivity contribution < 1.29 is 9.13 Å². The van der Waals surface area contributed by atoms with Gasteiger partial charge in [0, 0.05) is 12.3 Å². The summed E-state index contributed by atoms with van der Waals surface area (Å²) in [6, 6.07) is 5.15. The summed E-state index contributed by atoms with van der Waals surface area (Å²) >= 11 is 1.77. The lowest BCUT2D eigenvalue weighted by Gasteiger charge is -2.19. The van der Waals surface area contributed by atoms with E-state index in [2.05, 4.69) is 21.9 Å². The van der Waals surface area contributed by atoms with Gasteiger partial charge in [0.2, 0.25) is 0 Å². The number of hydrogen-bond acceptors (Lipinski definition) is 3. The Morgan fingerprint density at radius 3 is 2.88 bits per heavy atom. The van der Waals surface area contributed by atoms with E-state index in [1.54, 1.807) is 23.9 Å². The number of nitrogens with zero attached hydrogens (tertiary/aromatic N) is 1. The molecule has 1 unspecified atom stereocenters. The van der Waals surface area contributed by atoms with Gasteiger partial charge in [0.1, 0.15) is 0 Å². The van der Waals surface area contributed by atoms with Crippen LogP contribution in [0.5, 0.6) is 5.75 Å². The Kier molecular flexibility index (Phi) is 7.69. The standard InChI is InChI=1S/C18H28FN3OS/c1-4-20-18(21-9-10-24-3)22-13(2)15-7-8-17(16(19)11-15)23-12-14-5-6-14/h7-8,11,13-14H,4-6,9-10,12H2,1-3H3,(H2,20,21,22). The zero-order chi connectivity index (χ0) is 17.4. The summed E-state index contributed by atoms with van der Waals surface area (Å²) in [7, 11) is 0. The minimum atomic E-state index is -0.300. The maximum absolute atomic E-state index is 14.2.